The van der Waals surface area contributed by atoms with E-state index in [2.05, 4.69) is 5.32 Å². The molecule has 4 nitrogen and oxygen atoms in total. The highest BCUT2D eigenvalue weighted by Crippen LogP contribution is 2.24. The van der Waals surface area contributed by atoms with Gasteiger partial charge in [-0.1, -0.05) is 23.7 Å². The number of anilines is 2. The highest BCUT2D eigenvalue weighted by Gasteiger charge is 2.09. The van der Waals surface area contributed by atoms with Gasteiger partial charge in [0.1, 0.15) is 0 Å². The molecule has 6 heteroatoms. The minimum absolute atomic E-state index is 0.0151. The summed E-state index contributed by atoms with van der Waals surface area (Å²) < 4.78 is 18.4. The van der Waals surface area contributed by atoms with E-state index in [0.29, 0.717) is 16.4 Å². The predicted molar refractivity (Wildman–Crippen MR) is 76.4 cm³/mol. The second-order valence-electron chi connectivity index (χ2n) is 4.01. The fourth-order valence-electron chi connectivity index (χ4n) is 1.53. The van der Waals surface area contributed by atoms with Gasteiger partial charge in [0.05, 0.1) is 10.7 Å². The Morgan fingerprint density at radius 1 is 1.30 bits per heavy atom. The van der Waals surface area contributed by atoms with Gasteiger partial charge in [0.2, 0.25) is 0 Å². The Balaban J connectivity index is 1.96. The van der Waals surface area contributed by atoms with E-state index in [0.717, 1.165) is 0 Å². The molecular weight excluding hydrogens is 283 g/mol. The van der Waals surface area contributed by atoms with Crippen molar-refractivity contribution in [2.24, 2.45) is 0 Å². The number of para-hydroxylation sites is 1. The Kier molecular flexibility index (Phi) is 4.42. The van der Waals surface area contributed by atoms with E-state index in [1.807, 2.05) is 0 Å². The zero-order valence-electron chi connectivity index (χ0n) is 10.4. The third kappa shape index (κ3) is 3.61. The molecule has 104 valence electrons. The summed E-state index contributed by atoms with van der Waals surface area (Å²) in [5, 5.41) is 2.90. The second-order valence-corrected chi connectivity index (χ2v) is 4.41. The van der Waals surface area contributed by atoms with Gasteiger partial charge < -0.3 is 15.8 Å². The molecule has 0 aliphatic heterocycles. The van der Waals surface area contributed by atoms with Crippen molar-refractivity contribution in [3.05, 3.63) is 53.3 Å². The van der Waals surface area contributed by atoms with Crippen molar-refractivity contribution in [1.82, 2.24) is 0 Å². The lowest BCUT2D eigenvalue weighted by Crippen LogP contribution is -2.20. The molecule has 0 aromatic heterocycles. The van der Waals surface area contributed by atoms with Crippen molar-refractivity contribution in [2.45, 2.75) is 0 Å². The number of nitrogens with two attached hydrogens (primary N) is 1. The molecule has 0 heterocycles. The molecule has 1 amide bonds. The van der Waals surface area contributed by atoms with Gasteiger partial charge in [-0.05, 0) is 30.3 Å². The largest absolute Gasteiger partial charge is 0.481 e. The van der Waals surface area contributed by atoms with E-state index in [1.165, 1.54) is 24.3 Å². The molecule has 2 aromatic carbocycles. The van der Waals surface area contributed by atoms with Crippen LogP contribution in [-0.2, 0) is 4.79 Å². The number of nitrogen functional groups attached to an aromatic ring is 1. The summed E-state index contributed by atoms with van der Waals surface area (Å²) in [6.07, 6.45) is 0. The highest BCUT2D eigenvalue weighted by atomic mass is 35.5. The van der Waals surface area contributed by atoms with Gasteiger partial charge in [0.25, 0.3) is 5.91 Å². The van der Waals surface area contributed by atoms with Gasteiger partial charge in [-0.15, -0.1) is 0 Å². The van der Waals surface area contributed by atoms with E-state index >= 15 is 0 Å². The van der Waals surface area contributed by atoms with E-state index in [9.17, 15) is 9.18 Å². The quantitative estimate of drug-likeness (QED) is 0.852. The Labute approximate surface area is 120 Å². The van der Waals surface area contributed by atoms with Crippen LogP contribution in [-0.4, -0.2) is 12.5 Å². The number of benzene rings is 2. The fraction of sp³-hybridized carbons (Fsp3) is 0.0714. The zero-order chi connectivity index (χ0) is 14.5. The number of carbonyl (C=O) groups is 1. The van der Waals surface area contributed by atoms with Crippen molar-refractivity contribution in [3.63, 3.8) is 0 Å². The molecule has 0 saturated carbocycles. The number of rotatable bonds is 4. The van der Waals surface area contributed by atoms with E-state index in [-0.39, 0.29) is 12.4 Å². The molecule has 2 aromatic rings. The number of nitrogens with one attached hydrogen (secondary N) is 1. The Morgan fingerprint density at radius 2 is 2.05 bits per heavy atom. The van der Waals surface area contributed by atoms with E-state index < -0.39 is 11.7 Å². The summed E-state index contributed by atoms with van der Waals surface area (Å²) in [5.41, 5.74) is 6.45. The van der Waals surface area contributed by atoms with Crippen LogP contribution in [0.25, 0.3) is 0 Å². The third-order valence-electron chi connectivity index (χ3n) is 2.46. The van der Waals surface area contributed by atoms with Crippen LogP contribution in [0.15, 0.2) is 42.5 Å². The number of amides is 1. The highest BCUT2D eigenvalue weighted by molar-refractivity contribution is 6.33. The first-order valence-electron chi connectivity index (χ1n) is 5.78. The van der Waals surface area contributed by atoms with Crippen LogP contribution >= 0.6 is 11.6 Å². The lowest BCUT2D eigenvalue weighted by Gasteiger charge is -2.09. The lowest BCUT2D eigenvalue weighted by molar-refractivity contribution is -0.118. The molecular formula is C14H12ClFN2O2. The molecule has 3 N–H and O–H groups in total. The molecule has 20 heavy (non-hydrogen) atoms. The minimum Gasteiger partial charge on any atom is -0.481 e. The van der Waals surface area contributed by atoms with Crippen molar-refractivity contribution < 1.29 is 13.9 Å². The van der Waals surface area contributed by atoms with Crippen molar-refractivity contribution in [2.75, 3.05) is 17.7 Å². The van der Waals surface area contributed by atoms with Crippen LogP contribution in [0.1, 0.15) is 0 Å². The van der Waals surface area contributed by atoms with Crippen LogP contribution < -0.4 is 15.8 Å². The number of carbonyl (C=O) groups excluding carboxylic acids is 1. The minimum atomic E-state index is -0.526. The first-order chi connectivity index (χ1) is 9.56. The molecule has 0 spiro atoms. The van der Waals surface area contributed by atoms with Gasteiger partial charge in [-0.2, -0.15) is 0 Å². The SMILES string of the molecule is Nc1ccc(Cl)c(NC(=O)COc2ccccc2F)c1. The molecule has 0 bridgehead atoms. The van der Waals surface area contributed by atoms with Gasteiger partial charge >= 0.3 is 0 Å². The Bertz CT molecular complexity index is 634. The Morgan fingerprint density at radius 3 is 2.80 bits per heavy atom. The summed E-state index contributed by atoms with van der Waals surface area (Å²) in [6.45, 7) is -0.327. The first-order valence-corrected chi connectivity index (χ1v) is 6.16. The zero-order valence-corrected chi connectivity index (χ0v) is 11.2. The van der Waals surface area contributed by atoms with Crippen molar-refractivity contribution >= 4 is 28.9 Å². The van der Waals surface area contributed by atoms with Crippen LogP contribution in [0.5, 0.6) is 5.75 Å². The molecule has 0 aliphatic rings. The summed E-state index contributed by atoms with van der Waals surface area (Å²) in [5.74, 6) is -0.968. The van der Waals surface area contributed by atoms with Crippen LogP contribution in [0, 0.1) is 5.82 Å². The smallest absolute Gasteiger partial charge is 0.262 e. The number of hydrogen-bond donors (Lipinski definition) is 2. The number of hydrogen-bond acceptors (Lipinski definition) is 3. The maximum absolute atomic E-state index is 13.3. The maximum atomic E-state index is 13.3. The van der Waals surface area contributed by atoms with E-state index in [1.54, 1.807) is 18.2 Å². The molecule has 2 rings (SSSR count). The Hall–Kier alpha value is -2.27. The maximum Gasteiger partial charge on any atom is 0.262 e. The van der Waals surface area contributed by atoms with Gasteiger partial charge in [0, 0.05) is 5.69 Å². The topological polar surface area (TPSA) is 64.3 Å². The molecule has 0 aliphatic carbocycles. The molecule has 0 saturated heterocycles. The number of ether oxygens (including phenoxy) is 1. The average Bonchev–Trinajstić information content (AvgIpc) is 2.42. The van der Waals surface area contributed by atoms with E-state index in [4.69, 9.17) is 22.1 Å². The second kappa shape index (κ2) is 6.25. The monoisotopic (exact) mass is 294 g/mol. The summed E-state index contributed by atoms with van der Waals surface area (Å²) >= 11 is 5.91. The molecule has 0 radical (unpaired) electrons. The predicted octanol–water partition coefficient (Wildman–Crippen LogP) is 3.08. The standard InChI is InChI=1S/C14H12ClFN2O2/c15-10-6-5-9(17)7-12(10)18-14(19)8-20-13-4-2-1-3-11(13)16/h1-7H,8,17H2,(H,18,19). The third-order valence-corrected chi connectivity index (χ3v) is 2.79. The van der Waals surface area contributed by atoms with Crippen LogP contribution in [0.3, 0.4) is 0 Å². The average molecular weight is 295 g/mol. The molecule has 0 atom stereocenters. The normalized spacial score (nSPS) is 10.1. The van der Waals surface area contributed by atoms with Gasteiger partial charge in [-0.3, -0.25) is 4.79 Å². The lowest BCUT2D eigenvalue weighted by atomic mass is 10.3. The summed E-state index contributed by atoms with van der Waals surface area (Å²) in [7, 11) is 0. The van der Waals surface area contributed by atoms with Crippen molar-refractivity contribution in [1.29, 1.82) is 0 Å². The fourth-order valence-corrected chi connectivity index (χ4v) is 1.69. The first kappa shape index (κ1) is 14.1. The van der Waals surface area contributed by atoms with Crippen LogP contribution in [0.2, 0.25) is 5.02 Å². The van der Waals surface area contributed by atoms with Crippen molar-refractivity contribution in [3.8, 4) is 5.75 Å². The number of halogens is 2. The summed E-state index contributed by atoms with van der Waals surface area (Å²) in [6, 6.07) is 10.6. The molecule has 0 fully saturated rings. The van der Waals surface area contributed by atoms with Crippen LogP contribution in [0.4, 0.5) is 15.8 Å². The summed E-state index contributed by atoms with van der Waals surface area (Å²) in [4.78, 5) is 11.7. The molecule has 0 unspecified atom stereocenters. The van der Waals surface area contributed by atoms with Gasteiger partial charge in [-0.25, -0.2) is 4.39 Å². The van der Waals surface area contributed by atoms with Gasteiger partial charge in [0.15, 0.2) is 18.2 Å².